The number of carboxylic acid groups (broad SMARTS) is 1. The van der Waals surface area contributed by atoms with Gasteiger partial charge >= 0.3 is 5.97 Å². The Balaban J connectivity index is 1.32. The van der Waals surface area contributed by atoms with Crippen LogP contribution in [0.2, 0.25) is 0 Å². The molecular weight excluding hydrogens is 520 g/mol. The lowest BCUT2D eigenvalue weighted by Gasteiger charge is -2.14. The first-order valence-corrected chi connectivity index (χ1v) is 12.3. The smallest absolute Gasteiger partial charge is 0.326 e. The Morgan fingerprint density at radius 2 is 1.50 bits per heavy atom. The molecule has 0 aliphatic rings. The second-order valence-corrected chi connectivity index (χ2v) is 9.32. The van der Waals surface area contributed by atoms with E-state index < -0.39 is 35.1 Å². The van der Waals surface area contributed by atoms with E-state index in [0.29, 0.717) is 11.3 Å². The number of carboxylic acids is 1. The fourth-order valence-corrected chi connectivity index (χ4v) is 4.09. The molecule has 8 nitrogen and oxygen atoms in total. The van der Waals surface area contributed by atoms with Gasteiger partial charge < -0.3 is 19.4 Å². The summed E-state index contributed by atoms with van der Waals surface area (Å²) in [6.07, 6.45) is -0.387. The molecular formula is C30H23F2N3O5. The van der Waals surface area contributed by atoms with Crippen molar-refractivity contribution in [3.05, 3.63) is 107 Å². The number of amides is 1. The van der Waals surface area contributed by atoms with Crippen LogP contribution in [0.4, 0.5) is 8.78 Å². The monoisotopic (exact) mass is 543 g/mol. The zero-order valence-electron chi connectivity index (χ0n) is 21.4. The van der Waals surface area contributed by atoms with E-state index in [4.69, 9.17) is 8.94 Å². The number of furan rings is 1. The van der Waals surface area contributed by atoms with Gasteiger partial charge in [-0.05, 0) is 55.8 Å². The number of carbonyl (C=O) groups excluding carboxylic acids is 1. The average molecular weight is 544 g/mol. The molecule has 0 aliphatic carbocycles. The molecule has 5 rings (SSSR count). The highest BCUT2D eigenvalue weighted by Crippen LogP contribution is 2.28. The highest BCUT2D eigenvalue weighted by molar-refractivity contribution is 5.94. The summed E-state index contributed by atoms with van der Waals surface area (Å²) >= 11 is 0. The maximum atomic E-state index is 15.0. The van der Waals surface area contributed by atoms with E-state index in [1.54, 1.807) is 18.2 Å². The first kappa shape index (κ1) is 26.5. The number of hydrogen-bond acceptors (Lipinski definition) is 6. The van der Waals surface area contributed by atoms with Gasteiger partial charge in [-0.2, -0.15) is 4.98 Å². The van der Waals surface area contributed by atoms with Gasteiger partial charge in [0.2, 0.25) is 5.82 Å². The lowest BCUT2D eigenvalue weighted by Crippen LogP contribution is -2.42. The van der Waals surface area contributed by atoms with Gasteiger partial charge in [0.05, 0.1) is 5.56 Å². The summed E-state index contributed by atoms with van der Waals surface area (Å²) in [5.41, 5.74) is 2.91. The normalized spacial score (nSPS) is 11.8. The van der Waals surface area contributed by atoms with Crippen LogP contribution < -0.4 is 5.32 Å². The van der Waals surface area contributed by atoms with Crippen LogP contribution in [-0.2, 0) is 11.2 Å². The quantitative estimate of drug-likeness (QED) is 0.247. The number of benzene rings is 3. The van der Waals surface area contributed by atoms with Crippen LogP contribution in [0, 0.1) is 25.5 Å². The summed E-state index contributed by atoms with van der Waals surface area (Å²) in [5.74, 6) is -4.04. The van der Waals surface area contributed by atoms with Crippen molar-refractivity contribution in [2.75, 3.05) is 0 Å². The van der Waals surface area contributed by atoms with Crippen molar-refractivity contribution < 1.29 is 32.4 Å². The van der Waals surface area contributed by atoms with Crippen LogP contribution in [-0.4, -0.2) is 33.2 Å². The number of halogens is 2. The molecule has 0 saturated heterocycles. The van der Waals surface area contributed by atoms with Crippen LogP contribution in [0.25, 0.3) is 34.2 Å². The molecule has 5 aromatic rings. The highest BCUT2D eigenvalue weighted by atomic mass is 19.1. The summed E-state index contributed by atoms with van der Waals surface area (Å²) in [4.78, 5) is 28.7. The molecule has 40 heavy (non-hydrogen) atoms. The molecule has 0 spiro atoms. The zero-order chi connectivity index (χ0) is 28.4. The minimum absolute atomic E-state index is 0.00786. The number of aliphatic carboxylic acids is 1. The Bertz CT molecular complexity index is 1670. The Hall–Kier alpha value is -5.12. The van der Waals surface area contributed by atoms with E-state index >= 15 is 8.78 Å². The molecule has 202 valence electrons. The minimum atomic E-state index is -1.48. The predicted molar refractivity (Wildman–Crippen MR) is 141 cm³/mol. The SMILES string of the molecule is Cc1ccc(-c2ccc(C(=O)NC(Cc3cc(F)c(-c4noc(-c5ccc(C)cc5)n4)c(F)c3)C(=O)O)o2)cc1. The van der Waals surface area contributed by atoms with E-state index in [0.717, 1.165) is 28.8 Å². The van der Waals surface area contributed by atoms with Gasteiger partial charge in [0.15, 0.2) is 5.76 Å². The maximum Gasteiger partial charge on any atom is 0.326 e. The van der Waals surface area contributed by atoms with Crippen LogP contribution in [0.1, 0.15) is 27.2 Å². The van der Waals surface area contributed by atoms with Crippen LogP contribution >= 0.6 is 0 Å². The van der Waals surface area contributed by atoms with Crippen LogP contribution in [0.15, 0.2) is 81.7 Å². The fraction of sp³-hybridized carbons (Fsp3) is 0.133. The molecule has 0 saturated carbocycles. The largest absolute Gasteiger partial charge is 0.480 e. The van der Waals surface area contributed by atoms with Crippen molar-refractivity contribution in [1.29, 1.82) is 0 Å². The standard InChI is InChI=1S/C30H23F2N3O5/c1-16-3-7-19(8-4-16)24-11-12-25(39-24)28(36)33-23(30(37)38)15-18-13-21(31)26(22(32)14-18)27-34-29(40-35-27)20-9-5-17(2)6-10-20/h3-14,23H,15H2,1-2H3,(H,33,36)(H,37,38). The van der Waals surface area contributed by atoms with Gasteiger partial charge in [-0.1, -0.05) is 52.7 Å². The Morgan fingerprint density at radius 3 is 2.10 bits per heavy atom. The fourth-order valence-electron chi connectivity index (χ4n) is 4.09. The van der Waals surface area contributed by atoms with Crippen molar-refractivity contribution >= 4 is 11.9 Å². The maximum absolute atomic E-state index is 15.0. The van der Waals surface area contributed by atoms with Gasteiger partial charge in [-0.15, -0.1) is 0 Å². The molecule has 10 heteroatoms. The van der Waals surface area contributed by atoms with Gasteiger partial charge in [-0.25, -0.2) is 13.6 Å². The van der Waals surface area contributed by atoms with Crippen LogP contribution in [0.5, 0.6) is 0 Å². The predicted octanol–water partition coefficient (Wildman–Crippen LogP) is 5.98. The molecule has 1 atom stereocenters. The molecule has 0 bridgehead atoms. The van der Waals surface area contributed by atoms with Gasteiger partial charge in [0, 0.05) is 17.5 Å². The van der Waals surface area contributed by atoms with Crippen LogP contribution in [0.3, 0.4) is 0 Å². The number of rotatable bonds is 8. The van der Waals surface area contributed by atoms with Crippen molar-refractivity contribution in [2.45, 2.75) is 26.3 Å². The summed E-state index contributed by atoms with van der Waals surface area (Å²) in [7, 11) is 0. The topological polar surface area (TPSA) is 118 Å². The molecule has 2 heterocycles. The van der Waals surface area contributed by atoms with Crippen molar-refractivity contribution in [3.63, 3.8) is 0 Å². The van der Waals surface area contributed by atoms with Crippen molar-refractivity contribution in [2.24, 2.45) is 0 Å². The summed E-state index contributed by atoms with van der Waals surface area (Å²) < 4.78 is 40.8. The van der Waals surface area contributed by atoms with Gasteiger partial charge in [0.25, 0.3) is 11.8 Å². The molecule has 3 aromatic carbocycles. The average Bonchev–Trinajstić information content (AvgIpc) is 3.60. The van der Waals surface area contributed by atoms with E-state index in [9.17, 15) is 14.7 Å². The second-order valence-electron chi connectivity index (χ2n) is 9.32. The van der Waals surface area contributed by atoms with E-state index in [1.807, 2.05) is 50.2 Å². The molecule has 2 aromatic heterocycles. The number of aromatic nitrogens is 2. The lowest BCUT2D eigenvalue weighted by atomic mass is 10.0. The highest BCUT2D eigenvalue weighted by Gasteiger charge is 2.25. The van der Waals surface area contributed by atoms with Gasteiger partial charge in [0.1, 0.15) is 23.4 Å². The minimum Gasteiger partial charge on any atom is -0.480 e. The van der Waals surface area contributed by atoms with Crippen molar-refractivity contribution in [3.8, 4) is 34.2 Å². The first-order chi connectivity index (χ1) is 19.2. The number of carbonyl (C=O) groups is 2. The van der Waals surface area contributed by atoms with E-state index in [2.05, 4.69) is 15.5 Å². The number of nitrogens with one attached hydrogen (secondary N) is 1. The summed E-state index contributed by atoms with van der Waals surface area (Å²) in [6, 6.07) is 18.1. The Kier molecular flexibility index (Phi) is 7.24. The van der Waals surface area contributed by atoms with E-state index in [-0.39, 0.29) is 29.5 Å². The summed E-state index contributed by atoms with van der Waals surface area (Å²) in [5, 5.41) is 15.7. The van der Waals surface area contributed by atoms with E-state index in [1.165, 1.54) is 6.07 Å². The molecule has 0 radical (unpaired) electrons. The number of hydrogen-bond donors (Lipinski definition) is 2. The molecule has 0 fully saturated rings. The molecule has 1 amide bonds. The summed E-state index contributed by atoms with van der Waals surface area (Å²) in [6.45, 7) is 3.85. The van der Waals surface area contributed by atoms with Gasteiger partial charge in [-0.3, -0.25) is 4.79 Å². The second kappa shape index (κ2) is 10.9. The third-order valence-corrected chi connectivity index (χ3v) is 6.26. The molecule has 1 unspecified atom stereocenters. The number of nitrogens with zero attached hydrogens (tertiary/aromatic N) is 2. The molecule has 0 aliphatic heterocycles. The van der Waals surface area contributed by atoms with Crippen molar-refractivity contribution in [1.82, 2.24) is 15.5 Å². The Labute approximate surface area is 227 Å². The zero-order valence-corrected chi connectivity index (χ0v) is 21.4. The Morgan fingerprint density at radius 1 is 0.900 bits per heavy atom. The third-order valence-electron chi connectivity index (χ3n) is 6.26. The first-order valence-electron chi connectivity index (χ1n) is 12.3. The number of aryl methyl sites for hydroxylation is 2. The lowest BCUT2D eigenvalue weighted by molar-refractivity contribution is -0.139. The molecule has 2 N–H and O–H groups in total. The third kappa shape index (κ3) is 5.65.